The van der Waals surface area contributed by atoms with E-state index in [4.69, 9.17) is 10.5 Å². The molecule has 0 aliphatic carbocycles. The van der Waals surface area contributed by atoms with Crippen LogP contribution in [-0.4, -0.2) is 47.5 Å². The molecule has 1 aromatic heterocycles. The van der Waals surface area contributed by atoms with Crippen LogP contribution in [0.2, 0.25) is 0 Å². The number of hydrogen-bond donors (Lipinski definition) is 2. The molecule has 21 heavy (non-hydrogen) atoms. The van der Waals surface area contributed by atoms with Crippen LogP contribution in [0.3, 0.4) is 0 Å². The van der Waals surface area contributed by atoms with Gasteiger partial charge in [-0.3, -0.25) is 0 Å². The van der Waals surface area contributed by atoms with Crippen LogP contribution in [0.15, 0.2) is 0 Å². The number of aromatic nitrogens is 1. The van der Waals surface area contributed by atoms with Crippen molar-refractivity contribution in [2.45, 2.75) is 33.2 Å². The summed E-state index contributed by atoms with van der Waals surface area (Å²) in [6, 6.07) is 0.587. The summed E-state index contributed by atoms with van der Waals surface area (Å²) < 4.78 is 9.08. The Kier molecular flexibility index (Phi) is 5.41. The smallest absolute Gasteiger partial charge is 0.344 e. The molecule has 1 fully saturated rings. The summed E-state index contributed by atoms with van der Waals surface area (Å²) in [4.78, 5) is 14.4. The van der Waals surface area contributed by atoms with Crippen LogP contribution in [0.4, 0.5) is 10.8 Å². The fourth-order valence-electron chi connectivity index (χ4n) is 2.56. The van der Waals surface area contributed by atoms with Gasteiger partial charge >= 0.3 is 5.97 Å². The molecule has 0 spiro atoms. The van der Waals surface area contributed by atoms with Gasteiger partial charge in [0, 0.05) is 19.1 Å². The molecule has 1 aliphatic heterocycles. The van der Waals surface area contributed by atoms with Crippen molar-refractivity contribution in [2.75, 3.05) is 37.3 Å². The SMILES string of the molecule is CCOC(=O)c1c(N)nsc1NCC1CCN(C(C)C)C1. The number of carbonyl (C=O) groups excluding carboxylic acids is 1. The third-order valence-electron chi connectivity index (χ3n) is 3.80. The number of hydrogen-bond acceptors (Lipinski definition) is 7. The average molecular weight is 312 g/mol. The molecule has 1 aromatic rings. The molecule has 1 aliphatic rings. The van der Waals surface area contributed by atoms with Crippen molar-refractivity contribution in [3.05, 3.63) is 5.56 Å². The molecule has 0 aromatic carbocycles. The highest BCUT2D eigenvalue weighted by Crippen LogP contribution is 2.28. The lowest BCUT2D eigenvalue weighted by molar-refractivity contribution is 0.0529. The summed E-state index contributed by atoms with van der Waals surface area (Å²) in [5, 5.41) is 4.04. The van der Waals surface area contributed by atoms with Gasteiger partial charge in [0.25, 0.3) is 0 Å². The van der Waals surface area contributed by atoms with Crippen molar-refractivity contribution >= 4 is 28.3 Å². The number of likely N-dealkylation sites (tertiary alicyclic amines) is 1. The average Bonchev–Trinajstić information content (AvgIpc) is 3.03. The number of nitrogens with one attached hydrogen (secondary N) is 1. The lowest BCUT2D eigenvalue weighted by atomic mass is 10.1. The van der Waals surface area contributed by atoms with Crippen molar-refractivity contribution in [3.8, 4) is 0 Å². The second kappa shape index (κ2) is 7.09. The van der Waals surface area contributed by atoms with E-state index in [0.29, 0.717) is 29.1 Å². The number of anilines is 2. The van der Waals surface area contributed by atoms with Crippen molar-refractivity contribution < 1.29 is 9.53 Å². The molecule has 1 saturated heterocycles. The molecule has 0 radical (unpaired) electrons. The minimum atomic E-state index is -0.401. The molecule has 118 valence electrons. The number of rotatable bonds is 6. The van der Waals surface area contributed by atoms with E-state index in [9.17, 15) is 4.79 Å². The number of nitrogen functional groups attached to an aromatic ring is 1. The molecule has 0 saturated carbocycles. The molecule has 1 unspecified atom stereocenters. The molecule has 2 heterocycles. The van der Waals surface area contributed by atoms with E-state index >= 15 is 0 Å². The highest BCUT2D eigenvalue weighted by Gasteiger charge is 2.25. The van der Waals surface area contributed by atoms with Gasteiger partial charge < -0.3 is 20.7 Å². The molecule has 3 N–H and O–H groups in total. The fourth-order valence-corrected chi connectivity index (χ4v) is 3.27. The molecule has 0 amide bonds. The maximum atomic E-state index is 11.9. The first-order valence-corrected chi connectivity index (χ1v) is 8.20. The molecular weight excluding hydrogens is 288 g/mol. The summed E-state index contributed by atoms with van der Waals surface area (Å²) >= 11 is 1.22. The molecule has 0 bridgehead atoms. The van der Waals surface area contributed by atoms with E-state index in [2.05, 4.69) is 28.4 Å². The van der Waals surface area contributed by atoms with Gasteiger partial charge in [0.2, 0.25) is 0 Å². The summed E-state index contributed by atoms with van der Waals surface area (Å²) in [5.74, 6) is 0.434. The minimum absolute atomic E-state index is 0.246. The largest absolute Gasteiger partial charge is 0.462 e. The summed E-state index contributed by atoms with van der Waals surface area (Å²) in [5.41, 5.74) is 6.14. The summed E-state index contributed by atoms with van der Waals surface area (Å²) in [7, 11) is 0. The van der Waals surface area contributed by atoms with E-state index in [-0.39, 0.29) is 5.82 Å². The molecule has 6 nitrogen and oxygen atoms in total. The molecule has 2 rings (SSSR count). The first kappa shape index (κ1) is 16.0. The lowest BCUT2D eigenvalue weighted by Gasteiger charge is -2.20. The van der Waals surface area contributed by atoms with Crippen LogP contribution >= 0.6 is 11.5 Å². The lowest BCUT2D eigenvalue weighted by Crippen LogP contribution is -2.29. The Bertz CT molecular complexity index is 489. The third-order valence-corrected chi connectivity index (χ3v) is 4.62. The second-order valence-corrected chi connectivity index (χ2v) is 6.39. The van der Waals surface area contributed by atoms with E-state index in [1.54, 1.807) is 6.92 Å². The van der Waals surface area contributed by atoms with Gasteiger partial charge in [0.15, 0.2) is 5.82 Å². The predicted molar refractivity (Wildman–Crippen MR) is 85.8 cm³/mol. The highest BCUT2D eigenvalue weighted by atomic mass is 32.1. The molecule has 1 atom stereocenters. The zero-order valence-electron chi connectivity index (χ0n) is 12.9. The maximum absolute atomic E-state index is 11.9. The predicted octanol–water partition coefficient (Wildman–Crippen LogP) is 2.04. The Morgan fingerprint density at radius 3 is 3.00 bits per heavy atom. The van der Waals surface area contributed by atoms with Crippen LogP contribution in [-0.2, 0) is 4.74 Å². The number of carbonyl (C=O) groups is 1. The van der Waals surface area contributed by atoms with E-state index in [1.807, 2.05) is 0 Å². The summed E-state index contributed by atoms with van der Waals surface area (Å²) in [6.07, 6.45) is 1.17. The Hall–Kier alpha value is -1.34. The third kappa shape index (κ3) is 3.85. The number of nitrogens with zero attached hydrogens (tertiary/aromatic N) is 2. The fraction of sp³-hybridized carbons (Fsp3) is 0.714. The first-order valence-electron chi connectivity index (χ1n) is 7.43. The van der Waals surface area contributed by atoms with Crippen molar-refractivity contribution in [1.82, 2.24) is 9.27 Å². The topological polar surface area (TPSA) is 80.5 Å². The van der Waals surface area contributed by atoms with Gasteiger partial charge in [-0.25, -0.2) is 4.79 Å². The van der Waals surface area contributed by atoms with Crippen LogP contribution in [0.5, 0.6) is 0 Å². The zero-order valence-corrected chi connectivity index (χ0v) is 13.7. The van der Waals surface area contributed by atoms with E-state index < -0.39 is 5.97 Å². The van der Waals surface area contributed by atoms with Crippen LogP contribution < -0.4 is 11.1 Å². The van der Waals surface area contributed by atoms with Crippen LogP contribution in [0.1, 0.15) is 37.6 Å². The standard InChI is InChI=1S/C14H24N4O2S/c1-4-20-14(19)11-12(15)17-21-13(11)16-7-10-5-6-18(8-10)9(2)3/h9-10,16H,4-8H2,1-3H3,(H2,15,17). The monoisotopic (exact) mass is 312 g/mol. The maximum Gasteiger partial charge on any atom is 0.344 e. The van der Waals surface area contributed by atoms with Gasteiger partial charge in [-0.1, -0.05) is 0 Å². The van der Waals surface area contributed by atoms with Gasteiger partial charge in [-0.15, -0.1) is 0 Å². The Labute approximate surface area is 129 Å². The summed E-state index contributed by atoms with van der Waals surface area (Å²) in [6.45, 7) is 9.61. The second-order valence-electron chi connectivity index (χ2n) is 5.62. The van der Waals surface area contributed by atoms with Crippen molar-refractivity contribution in [3.63, 3.8) is 0 Å². The quantitative estimate of drug-likeness (QED) is 0.783. The number of esters is 1. The van der Waals surface area contributed by atoms with Crippen molar-refractivity contribution in [2.24, 2.45) is 5.92 Å². The van der Waals surface area contributed by atoms with Gasteiger partial charge in [-0.2, -0.15) is 4.37 Å². The van der Waals surface area contributed by atoms with E-state index in [0.717, 1.165) is 19.6 Å². The zero-order chi connectivity index (χ0) is 15.4. The molecular formula is C14H24N4O2S. The van der Waals surface area contributed by atoms with Crippen LogP contribution in [0, 0.1) is 5.92 Å². The minimum Gasteiger partial charge on any atom is -0.462 e. The van der Waals surface area contributed by atoms with Gasteiger partial charge in [0.1, 0.15) is 10.6 Å². The van der Waals surface area contributed by atoms with Crippen molar-refractivity contribution in [1.29, 1.82) is 0 Å². The van der Waals surface area contributed by atoms with Crippen LogP contribution in [0.25, 0.3) is 0 Å². The van der Waals surface area contributed by atoms with E-state index in [1.165, 1.54) is 18.0 Å². The first-order chi connectivity index (χ1) is 10.0. The Morgan fingerprint density at radius 1 is 1.62 bits per heavy atom. The normalized spacial score (nSPS) is 19.1. The highest BCUT2D eigenvalue weighted by molar-refractivity contribution is 7.11. The number of nitrogens with two attached hydrogens (primary N) is 1. The van der Waals surface area contributed by atoms with Gasteiger partial charge in [0.05, 0.1) is 6.61 Å². The molecule has 7 heteroatoms. The Balaban J connectivity index is 1.94. The van der Waals surface area contributed by atoms with Gasteiger partial charge in [-0.05, 0) is 51.2 Å². The Morgan fingerprint density at radius 2 is 2.38 bits per heavy atom. The number of ether oxygens (including phenoxy) is 1.